The molecule has 0 radical (unpaired) electrons. The van der Waals surface area contributed by atoms with Crippen molar-refractivity contribution in [2.24, 2.45) is 0 Å². The van der Waals surface area contributed by atoms with Crippen LogP contribution < -0.4 is 0 Å². The van der Waals surface area contributed by atoms with Gasteiger partial charge in [-0.15, -0.1) is 0 Å². The predicted molar refractivity (Wildman–Crippen MR) is 77.5 cm³/mol. The van der Waals surface area contributed by atoms with Crippen LogP contribution in [0.5, 0.6) is 0 Å². The molecule has 0 bridgehead atoms. The molecule has 0 saturated carbocycles. The zero-order chi connectivity index (χ0) is 16.2. The topological polar surface area (TPSA) is 40.5 Å². The van der Waals surface area contributed by atoms with Gasteiger partial charge < -0.3 is 10.2 Å². The lowest BCUT2D eigenvalue weighted by Crippen LogP contribution is -2.18. The molecule has 0 aliphatic rings. The smallest absolute Gasteiger partial charge is 0.396 e. The second-order valence-electron chi connectivity index (χ2n) is 5.11. The molecule has 0 amide bonds. The van der Waals surface area contributed by atoms with Crippen molar-refractivity contribution in [3.05, 3.63) is 71.3 Å². The standard InChI is InChI=1S/C17H17F3O2/c18-17(19,20)14-8-6-13(7-9-14)16(11-22)15(10-21)12-4-2-1-3-5-12/h1-9,15-16,21-22H,10-11H2/t15-,16-/m0/s1. The molecule has 2 nitrogen and oxygen atoms in total. The maximum Gasteiger partial charge on any atom is 0.416 e. The molecule has 0 aromatic heterocycles. The van der Waals surface area contributed by atoms with Gasteiger partial charge in [-0.3, -0.25) is 0 Å². The van der Waals surface area contributed by atoms with Gasteiger partial charge in [-0.2, -0.15) is 13.2 Å². The summed E-state index contributed by atoms with van der Waals surface area (Å²) in [6, 6.07) is 13.8. The Bertz CT molecular complexity index is 579. The molecule has 0 aliphatic heterocycles. The molecule has 118 valence electrons. The molecular formula is C17H17F3O2. The maximum atomic E-state index is 12.6. The second kappa shape index (κ2) is 6.94. The highest BCUT2D eigenvalue weighted by Crippen LogP contribution is 2.35. The first kappa shape index (κ1) is 16.5. The van der Waals surface area contributed by atoms with Gasteiger partial charge in [0.05, 0.1) is 18.8 Å². The van der Waals surface area contributed by atoms with E-state index in [1.54, 1.807) is 0 Å². The quantitative estimate of drug-likeness (QED) is 0.886. The van der Waals surface area contributed by atoms with Crippen molar-refractivity contribution in [1.82, 2.24) is 0 Å². The van der Waals surface area contributed by atoms with Gasteiger partial charge >= 0.3 is 6.18 Å². The molecule has 0 spiro atoms. The lowest BCUT2D eigenvalue weighted by Gasteiger charge is -2.25. The number of benzene rings is 2. The van der Waals surface area contributed by atoms with Crippen molar-refractivity contribution in [2.45, 2.75) is 18.0 Å². The van der Waals surface area contributed by atoms with Crippen molar-refractivity contribution >= 4 is 0 Å². The fraction of sp³-hybridized carbons (Fsp3) is 0.294. The Balaban J connectivity index is 2.30. The maximum absolute atomic E-state index is 12.6. The summed E-state index contributed by atoms with van der Waals surface area (Å²) in [6.07, 6.45) is -4.39. The minimum atomic E-state index is -4.39. The highest BCUT2D eigenvalue weighted by atomic mass is 19.4. The number of alkyl halides is 3. The van der Waals surface area contributed by atoms with Gasteiger partial charge in [0.2, 0.25) is 0 Å². The monoisotopic (exact) mass is 310 g/mol. The van der Waals surface area contributed by atoms with E-state index in [4.69, 9.17) is 0 Å². The van der Waals surface area contributed by atoms with Crippen LogP contribution in [0.3, 0.4) is 0 Å². The van der Waals surface area contributed by atoms with E-state index in [1.807, 2.05) is 30.3 Å². The summed E-state index contributed by atoms with van der Waals surface area (Å²) in [4.78, 5) is 0. The Morgan fingerprint density at radius 1 is 0.727 bits per heavy atom. The van der Waals surface area contributed by atoms with Crippen molar-refractivity contribution in [2.75, 3.05) is 13.2 Å². The average Bonchev–Trinajstić information content (AvgIpc) is 2.52. The second-order valence-corrected chi connectivity index (χ2v) is 5.11. The first-order chi connectivity index (χ1) is 10.5. The first-order valence-electron chi connectivity index (χ1n) is 6.91. The predicted octanol–water partition coefficient (Wildman–Crippen LogP) is 3.56. The van der Waals surface area contributed by atoms with E-state index in [0.29, 0.717) is 5.56 Å². The van der Waals surface area contributed by atoms with E-state index in [1.165, 1.54) is 12.1 Å². The SMILES string of the molecule is OC[C@@H](c1ccccc1)[C@@H](CO)c1ccc(C(F)(F)F)cc1. The van der Waals surface area contributed by atoms with E-state index in [-0.39, 0.29) is 19.1 Å². The van der Waals surface area contributed by atoms with Crippen molar-refractivity contribution < 1.29 is 23.4 Å². The van der Waals surface area contributed by atoms with Crippen molar-refractivity contribution in [3.8, 4) is 0 Å². The molecule has 2 rings (SSSR count). The zero-order valence-corrected chi connectivity index (χ0v) is 11.8. The number of halogens is 3. The number of hydrogen-bond donors (Lipinski definition) is 2. The molecule has 2 atom stereocenters. The summed E-state index contributed by atoms with van der Waals surface area (Å²) in [5.41, 5.74) is 0.676. The van der Waals surface area contributed by atoms with Gasteiger partial charge in [0.25, 0.3) is 0 Å². The van der Waals surface area contributed by atoms with Gasteiger partial charge in [-0.1, -0.05) is 42.5 Å². The Labute approximate surface area is 126 Å². The molecule has 0 saturated heterocycles. The minimum Gasteiger partial charge on any atom is -0.396 e. The van der Waals surface area contributed by atoms with Crippen LogP contribution in [0.4, 0.5) is 13.2 Å². The van der Waals surface area contributed by atoms with Crippen LogP contribution in [0.15, 0.2) is 54.6 Å². The molecule has 22 heavy (non-hydrogen) atoms. The lowest BCUT2D eigenvalue weighted by molar-refractivity contribution is -0.137. The third-order valence-corrected chi connectivity index (χ3v) is 3.77. The van der Waals surface area contributed by atoms with E-state index in [0.717, 1.165) is 17.7 Å². The summed E-state index contributed by atoms with van der Waals surface area (Å²) >= 11 is 0. The third kappa shape index (κ3) is 3.67. The molecule has 0 unspecified atom stereocenters. The Kier molecular flexibility index (Phi) is 5.21. The van der Waals surface area contributed by atoms with Gasteiger partial charge in [-0.25, -0.2) is 0 Å². The summed E-state index contributed by atoms with van der Waals surface area (Å²) < 4.78 is 37.8. The molecule has 5 heteroatoms. The van der Waals surface area contributed by atoms with E-state index in [2.05, 4.69) is 0 Å². The number of hydrogen-bond acceptors (Lipinski definition) is 2. The molecule has 0 aliphatic carbocycles. The van der Waals surface area contributed by atoms with Crippen LogP contribution in [-0.2, 0) is 6.18 Å². The van der Waals surface area contributed by atoms with Crippen LogP contribution in [0.1, 0.15) is 28.5 Å². The minimum absolute atomic E-state index is 0.198. The zero-order valence-electron chi connectivity index (χ0n) is 11.8. The molecule has 2 aromatic rings. The van der Waals surface area contributed by atoms with Crippen LogP contribution in [0.2, 0.25) is 0 Å². The number of aliphatic hydroxyl groups is 2. The van der Waals surface area contributed by atoms with E-state index < -0.39 is 17.7 Å². The van der Waals surface area contributed by atoms with E-state index >= 15 is 0 Å². The summed E-state index contributed by atoms with van der Waals surface area (Å²) in [6.45, 7) is -0.457. The molecule has 2 aromatic carbocycles. The lowest BCUT2D eigenvalue weighted by atomic mass is 9.82. The summed E-state index contributed by atoms with van der Waals surface area (Å²) in [5, 5.41) is 19.3. The molecule has 2 N–H and O–H groups in total. The summed E-state index contributed by atoms with van der Waals surface area (Å²) in [7, 11) is 0. The third-order valence-electron chi connectivity index (χ3n) is 3.77. The first-order valence-corrected chi connectivity index (χ1v) is 6.91. The Hall–Kier alpha value is -1.85. The number of rotatable bonds is 5. The van der Waals surface area contributed by atoms with Gasteiger partial charge in [0.15, 0.2) is 0 Å². The highest BCUT2D eigenvalue weighted by molar-refractivity contribution is 5.32. The average molecular weight is 310 g/mol. The van der Waals surface area contributed by atoms with Crippen LogP contribution in [0, 0.1) is 0 Å². The van der Waals surface area contributed by atoms with Gasteiger partial charge in [-0.05, 0) is 23.3 Å². The Morgan fingerprint density at radius 2 is 1.18 bits per heavy atom. The van der Waals surface area contributed by atoms with Gasteiger partial charge in [0, 0.05) is 11.8 Å². The van der Waals surface area contributed by atoms with Crippen LogP contribution in [0.25, 0.3) is 0 Å². The molecular weight excluding hydrogens is 293 g/mol. The van der Waals surface area contributed by atoms with Crippen molar-refractivity contribution in [3.63, 3.8) is 0 Å². The largest absolute Gasteiger partial charge is 0.416 e. The summed E-state index contributed by atoms with van der Waals surface area (Å²) in [5.74, 6) is -0.836. The van der Waals surface area contributed by atoms with Crippen molar-refractivity contribution in [1.29, 1.82) is 0 Å². The van der Waals surface area contributed by atoms with Crippen LogP contribution in [-0.4, -0.2) is 23.4 Å². The Morgan fingerprint density at radius 3 is 1.59 bits per heavy atom. The van der Waals surface area contributed by atoms with Crippen LogP contribution >= 0.6 is 0 Å². The van der Waals surface area contributed by atoms with Gasteiger partial charge in [0.1, 0.15) is 0 Å². The highest BCUT2D eigenvalue weighted by Gasteiger charge is 2.31. The number of aliphatic hydroxyl groups excluding tert-OH is 2. The fourth-order valence-corrected chi connectivity index (χ4v) is 2.55. The molecule has 0 heterocycles. The normalized spacial score (nSPS) is 14.6. The van der Waals surface area contributed by atoms with E-state index in [9.17, 15) is 23.4 Å². The molecule has 0 fully saturated rings. The fourth-order valence-electron chi connectivity index (χ4n) is 2.55.